The van der Waals surface area contributed by atoms with Gasteiger partial charge in [0.05, 0.1) is 6.04 Å². The Hall–Kier alpha value is -3.14. The molecule has 2 amide bonds. The van der Waals surface area contributed by atoms with Gasteiger partial charge in [0.25, 0.3) is 0 Å². The minimum atomic E-state index is -0.0192. The fourth-order valence-corrected chi connectivity index (χ4v) is 3.73. The zero-order valence-electron chi connectivity index (χ0n) is 15.2. The van der Waals surface area contributed by atoms with E-state index in [0.29, 0.717) is 6.54 Å². The van der Waals surface area contributed by atoms with Gasteiger partial charge in [0.15, 0.2) is 0 Å². The maximum Gasteiger partial charge on any atom is 0.318 e. The number of urea groups is 1. The average molecular weight is 357 g/mol. The van der Waals surface area contributed by atoms with Gasteiger partial charge in [-0.1, -0.05) is 60.7 Å². The Bertz CT molecular complexity index is 896. The molecule has 0 saturated carbocycles. The molecule has 0 saturated heterocycles. The molecule has 4 rings (SSSR count). The molecule has 0 radical (unpaired) electrons. The molecule has 1 aliphatic heterocycles. The molecule has 0 spiro atoms. The maximum atomic E-state index is 13.0. The van der Waals surface area contributed by atoms with Crippen LogP contribution in [-0.4, -0.2) is 22.5 Å². The zero-order valence-corrected chi connectivity index (χ0v) is 15.2. The van der Waals surface area contributed by atoms with E-state index in [1.165, 1.54) is 16.7 Å². The summed E-state index contributed by atoms with van der Waals surface area (Å²) in [5.41, 5.74) is 4.84. The highest BCUT2D eigenvalue weighted by molar-refractivity contribution is 5.75. The molecule has 136 valence electrons. The molecule has 4 heteroatoms. The lowest BCUT2D eigenvalue weighted by Crippen LogP contribution is -2.46. The van der Waals surface area contributed by atoms with E-state index in [1.807, 2.05) is 23.1 Å². The van der Waals surface area contributed by atoms with Gasteiger partial charge in [-0.2, -0.15) is 0 Å². The van der Waals surface area contributed by atoms with E-state index in [-0.39, 0.29) is 12.1 Å². The van der Waals surface area contributed by atoms with Crippen LogP contribution in [0.3, 0.4) is 0 Å². The fourth-order valence-electron chi connectivity index (χ4n) is 3.73. The Morgan fingerprint density at radius 1 is 1.00 bits per heavy atom. The summed E-state index contributed by atoms with van der Waals surface area (Å²) in [6.07, 6.45) is 5.23. The molecule has 1 unspecified atom stereocenters. The quantitative estimate of drug-likeness (QED) is 0.763. The van der Waals surface area contributed by atoms with Gasteiger partial charge in [0.1, 0.15) is 0 Å². The number of benzene rings is 2. The van der Waals surface area contributed by atoms with Gasteiger partial charge in [0, 0.05) is 25.5 Å². The van der Waals surface area contributed by atoms with Crippen LogP contribution < -0.4 is 5.32 Å². The van der Waals surface area contributed by atoms with Crippen molar-refractivity contribution in [1.82, 2.24) is 15.2 Å². The van der Waals surface area contributed by atoms with Crippen molar-refractivity contribution in [2.24, 2.45) is 0 Å². The number of nitrogens with zero attached hydrogens (tertiary/aromatic N) is 2. The lowest BCUT2D eigenvalue weighted by atomic mass is 9.89. The number of fused-ring (bicyclic) bond motifs is 1. The second kappa shape index (κ2) is 8.04. The van der Waals surface area contributed by atoms with Gasteiger partial charge in [-0.3, -0.25) is 4.98 Å². The summed E-state index contributed by atoms with van der Waals surface area (Å²) in [5, 5.41) is 3.06. The molecule has 0 aliphatic carbocycles. The van der Waals surface area contributed by atoms with Crippen LogP contribution in [0.4, 0.5) is 4.79 Å². The highest BCUT2D eigenvalue weighted by Gasteiger charge is 2.30. The summed E-state index contributed by atoms with van der Waals surface area (Å²) in [6.45, 7) is 1.22. The number of rotatable bonds is 4. The lowest BCUT2D eigenvalue weighted by Gasteiger charge is -2.37. The van der Waals surface area contributed by atoms with Gasteiger partial charge >= 0.3 is 6.03 Å². The van der Waals surface area contributed by atoms with Crippen LogP contribution in [0.2, 0.25) is 0 Å². The molecule has 4 nitrogen and oxygen atoms in total. The van der Waals surface area contributed by atoms with Crippen LogP contribution in [0, 0.1) is 0 Å². The van der Waals surface area contributed by atoms with Gasteiger partial charge in [-0.05, 0) is 41.2 Å². The van der Waals surface area contributed by atoms with Gasteiger partial charge in [-0.15, -0.1) is 0 Å². The number of aromatic nitrogens is 1. The maximum absolute atomic E-state index is 13.0. The largest absolute Gasteiger partial charge is 0.334 e. The van der Waals surface area contributed by atoms with Crippen LogP contribution in [0.25, 0.3) is 0 Å². The third-order valence-corrected chi connectivity index (χ3v) is 5.11. The number of nitrogens with one attached hydrogen (secondary N) is 1. The van der Waals surface area contributed by atoms with E-state index < -0.39 is 0 Å². The summed E-state index contributed by atoms with van der Waals surface area (Å²) in [6, 6.07) is 22.8. The summed E-state index contributed by atoms with van der Waals surface area (Å²) >= 11 is 0. The molecule has 27 heavy (non-hydrogen) atoms. The molecular weight excluding hydrogens is 334 g/mol. The van der Waals surface area contributed by atoms with Crippen molar-refractivity contribution in [1.29, 1.82) is 0 Å². The number of amides is 2. The molecule has 2 aromatic carbocycles. The smallest absolute Gasteiger partial charge is 0.318 e. The topological polar surface area (TPSA) is 45.2 Å². The third kappa shape index (κ3) is 4.00. The number of carbonyl (C=O) groups excluding carboxylic acids is 1. The van der Waals surface area contributed by atoms with E-state index in [1.54, 1.807) is 12.4 Å². The summed E-state index contributed by atoms with van der Waals surface area (Å²) in [4.78, 5) is 19.1. The third-order valence-electron chi connectivity index (χ3n) is 5.11. The Balaban J connectivity index is 1.55. The van der Waals surface area contributed by atoms with Gasteiger partial charge in [0.2, 0.25) is 0 Å². The highest BCUT2D eigenvalue weighted by atomic mass is 16.2. The van der Waals surface area contributed by atoms with Crippen molar-refractivity contribution in [2.45, 2.75) is 25.4 Å². The van der Waals surface area contributed by atoms with E-state index >= 15 is 0 Å². The second-order valence-corrected chi connectivity index (χ2v) is 6.87. The van der Waals surface area contributed by atoms with E-state index in [2.05, 4.69) is 58.8 Å². The van der Waals surface area contributed by atoms with Crippen LogP contribution in [0.15, 0.2) is 79.1 Å². The molecule has 3 aromatic rings. The number of carbonyl (C=O) groups is 1. The van der Waals surface area contributed by atoms with Crippen LogP contribution in [0.1, 0.15) is 28.3 Å². The minimum absolute atomic E-state index is 0.0192. The van der Waals surface area contributed by atoms with Gasteiger partial charge in [-0.25, -0.2) is 4.79 Å². The molecule has 1 aliphatic rings. The standard InChI is InChI=1S/C23H23N3O/c27-23(25-17-19-9-6-13-24-16-19)26-14-12-20-10-4-5-11-21(20)22(26)15-18-7-2-1-3-8-18/h1-11,13,16,22H,12,14-15,17H2,(H,25,27). The number of hydrogen-bond acceptors (Lipinski definition) is 2. The minimum Gasteiger partial charge on any atom is -0.334 e. The fraction of sp³-hybridized carbons (Fsp3) is 0.217. The Morgan fingerprint density at radius 2 is 1.78 bits per heavy atom. The first-order valence-corrected chi connectivity index (χ1v) is 9.36. The average Bonchev–Trinajstić information content (AvgIpc) is 2.74. The molecule has 2 heterocycles. The molecule has 1 N–H and O–H groups in total. The summed E-state index contributed by atoms with van der Waals surface area (Å²) in [5.74, 6) is 0. The van der Waals surface area contributed by atoms with Crippen molar-refractivity contribution in [3.05, 3.63) is 101 Å². The first-order chi connectivity index (χ1) is 13.3. The Kier molecular flexibility index (Phi) is 5.15. The number of pyridine rings is 1. The van der Waals surface area contributed by atoms with Crippen LogP contribution in [0.5, 0.6) is 0 Å². The number of hydrogen-bond donors (Lipinski definition) is 1. The first-order valence-electron chi connectivity index (χ1n) is 9.36. The van der Waals surface area contributed by atoms with Crippen molar-refractivity contribution in [3.8, 4) is 0 Å². The summed E-state index contributed by atoms with van der Waals surface area (Å²) in [7, 11) is 0. The summed E-state index contributed by atoms with van der Waals surface area (Å²) < 4.78 is 0. The molecule has 0 bridgehead atoms. The normalized spacial score (nSPS) is 15.9. The lowest BCUT2D eigenvalue weighted by molar-refractivity contribution is 0.168. The van der Waals surface area contributed by atoms with Crippen LogP contribution >= 0.6 is 0 Å². The molecule has 1 atom stereocenters. The SMILES string of the molecule is O=C(NCc1cccnc1)N1CCc2ccccc2C1Cc1ccccc1. The molecular formula is C23H23N3O. The van der Waals surface area contributed by atoms with Crippen molar-refractivity contribution in [2.75, 3.05) is 6.54 Å². The molecule has 1 aromatic heterocycles. The van der Waals surface area contributed by atoms with Gasteiger partial charge < -0.3 is 10.2 Å². The Labute approximate surface area is 159 Å². The highest BCUT2D eigenvalue weighted by Crippen LogP contribution is 2.32. The van der Waals surface area contributed by atoms with Crippen molar-refractivity contribution < 1.29 is 4.79 Å². The zero-order chi connectivity index (χ0) is 18.5. The van der Waals surface area contributed by atoms with E-state index in [9.17, 15) is 4.79 Å². The van der Waals surface area contributed by atoms with E-state index in [4.69, 9.17) is 0 Å². The Morgan fingerprint density at radius 3 is 2.59 bits per heavy atom. The monoisotopic (exact) mass is 357 g/mol. The van der Waals surface area contributed by atoms with E-state index in [0.717, 1.165) is 24.9 Å². The van der Waals surface area contributed by atoms with Crippen LogP contribution in [-0.2, 0) is 19.4 Å². The predicted molar refractivity (Wildman–Crippen MR) is 106 cm³/mol. The predicted octanol–water partition coefficient (Wildman–Crippen LogP) is 4.13. The van der Waals surface area contributed by atoms with Crippen molar-refractivity contribution >= 4 is 6.03 Å². The molecule has 0 fully saturated rings. The van der Waals surface area contributed by atoms with Crippen molar-refractivity contribution in [3.63, 3.8) is 0 Å². The first kappa shape index (κ1) is 17.3. The second-order valence-electron chi connectivity index (χ2n) is 6.87.